The third-order valence-electron chi connectivity index (χ3n) is 4.29. The first-order valence-corrected chi connectivity index (χ1v) is 8.99. The van der Waals surface area contributed by atoms with E-state index in [0.717, 1.165) is 11.3 Å². The molecule has 2 aromatic rings. The summed E-state index contributed by atoms with van der Waals surface area (Å²) in [6.45, 7) is 2.13. The molecule has 0 saturated carbocycles. The van der Waals surface area contributed by atoms with Gasteiger partial charge in [0.05, 0.1) is 23.2 Å². The highest BCUT2D eigenvalue weighted by molar-refractivity contribution is 6.21. The fraction of sp³-hybridized carbons (Fsp3) is 0.238. The molecule has 0 fully saturated rings. The van der Waals surface area contributed by atoms with Gasteiger partial charge in [-0.25, -0.2) is 4.79 Å². The summed E-state index contributed by atoms with van der Waals surface area (Å²) in [5, 5.41) is 2.62. The Kier molecular flexibility index (Phi) is 5.84. The molecule has 28 heavy (non-hydrogen) atoms. The first-order valence-electron chi connectivity index (χ1n) is 8.99. The smallest absolute Gasteiger partial charge is 0.338 e. The highest BCUT2D eigenvalue weighted by atomic mass is 16.5. The quantitative estimate of drug-likeness (QED) is 0.587. The Bertz CT molecular complexity index is 903. The van der Waals surface area contributed by atoms with Crippen molar-refractivity contribution in [2.75, 3.05) is 13.2 Å². The Balaban J connectivity index is 1.66. The van der Waals surface area contributed by atoms with Crippen LogP contribution in [0.3, 0.4) is 0 Å². The van der Waals surface area contributed by atoms with E-state index in [0.29, 0.717) is 23.2 Å². The molecule has 0 saturated heterocycles. The molecule has 0 atom stereocenters. The molecule has 7 nitrogen and oxygen atoms in total. The zero-order chi connectivity index (χ0) is 20.1. The predicted molar refractivity (Wildman–Crippen MR) is 101 cm³/mol. The Hall–Kier alpha value is -3.48. The van der Waals surface area contributed by atoms with Crippen molar-refractivity contribution in [3.8, 4) is 0 Å². The molecule has 1 aliphatic heterocycles. The van der Waals surface area contributed by atoms with Crippen LogP contribution in [0.4, 0.5) is 0 Å². The molecule has 7 heteroatoms. The molecule has 3 amide bonds. The molecule has 0 radical (unpaired) electrons. The average molecular weight is 380 g/mol. The molecule has 3 rings (SSSR count). The van der Waals surface area contributed by atoms with Gasteiger partial charge in [0.15, 0.2) is 6.61 Å². The number of amides is 3. The van der Waals surface area contributed by atoms with Crippen molar-refractivity contribution in [1.29, 1.82) is 0 Å². The average Bonchev–Trinajstić information content (AvgIpc) is 2.96. The lowest BCUT2D eigenvalue weighted by Crippen LogP contribution is -2.29. The molecule has 0 bridgehead atoms. The van der Waals surface area contributed by atoms with Crippen LogP contribution in [0.1, 0.15) is 50.0 Å². The number of benzene rings is 2. The molecule has 0 aromatic heterocycles. The number of fused-ring (bicyclic) bond motifs is 1. The van der Waals surface area contributed by atoms with Gasteiger partial charge in [-0.05, 0) is 36.2 Å². The van der Waals surface area contributed by atoms with Crippen LogP contribution in [0.15, 0.2) is 48.5 Å². The first kappa shape index (κ1) is 19.3. The minimum absolute atomic E-state index is 0.0461. The summed E-state index contributed by atoms with van der Waals surface area (Å²) in [4.78, 5) is 49.8. The highest BCUT2D eigenvalue weighted by Gasteiger charge is 2.35. The third kappa shape index (κ3) is 4.09. The van der Waals surface area contributed by atoms with Crippen LogP contribution in [-0.2, 0) is 16.1 Å². The van der Waals surface area contributed by atoms with Gasteiger partial charge in [-0.1, -0.05) is 31.2 Å². The molecule has 1 aliphatic rings. The second kappa shape index (κ2) is 8.47. The van der Waals surface area contributed by atoms with E-state index in [4.69, 9.17) is 4.74 Å². The molecule has 144 valence electrons. The maximum absolute atomic E-state index is 12.5. The molecule has 2 aromatic carbocycles. The minimum atomic E-state index is -0.643. The zero-order valence-corrected chi connectivity index (χ0v) is 15.4. The van der Waals surface area contributed by atoms with Crippen LogP contribution in [0.5, 0.6) is 0 Å². The van der Waals surface area contributed by atoms with Gasteiger partial charge < -0.3 is 10.1 Å². The van der Waals surface area contributed by atoms with Gasteiger partial charge in [-0.3, -0.25) is 19.3 Å². The summed E-state index contributed by atoms with van der Waals surface area (Å²) in [5.74, 6) is -1.73. The zero-order valence-electron chi connectivity index (χ0n) is 15.4. The number of hydrogen-bond donors (Lipinski definition) is 1. The first-order chi connectivity index (χ1) is 13.5. The maximum atomic E-state index is 12.5. The highest BCUT2D eigenvalue weighted by Crippen LogP contribution is 2.24. The fourth-order valence-corrected chi connectivity index (χ4v) is 2.89. The van der Waals surface area contributed by atoms with E-state index in [9.17, 15) is 19.2 Å². The minimum Gasteiger partial charge on any atom is -0.452 e. The van der Waals surface area contributed by atoms with Crippen LogP contribution in [0.2, 0.25) is 0 Å². The van der Waals surface area contributed by atoms with Crippen LogP contribution in [0, 0.1) is 0 Å². The third-order valence-corrected chi connectivity index (χ3v) is 4.29. The van der Waals surface area contributed by atoms with Gasteiger partial charge >= 0.3 is 5.97 Å². The summed E-state index contributed by atoms with van der Waals surface area (Å²) in [5.41, 5.74) is 1.61. The van der Waals surface area contributed by atoms with Gasteiger partial charge in [0.25, 0.3) is 17.7 Å². The SMILES string of the molecule is CCCNC(=O)COC(=O)c1cccc(CN2C(=O)c3ccccc3C2=O)c1. The second-order valence-corrected chi connectivity index (χ2v) is 6.37. The van der Waals surface area contributed by atoms with Crippen LogP contribution in [-0.4, -0.2) is 41.7 Å². The topological polar surface area (TPSA) is 92.8 Å². The molecular weight excluding hydrogens is 360 g/mol. The summed E-state index contributed by atoms with van der Waals surface area (Å²) in [6, 6.07) is 13.1. The van der Waals surface area contributed by atoms with Gasteiger partial charge in [0.1, 0.15) is 0 Å². The molecule has 0 aliphatic carbocycles. The number of imide groups is 1. The van der Waals surface area contributed by atoms with Crippen LogP contribution >= 0.6 is 0 Å². The summed E-state index contributed by atoms with van der Waals surface area (Å²) >= 11 is 0. The maximum Gasteiger partial charge on any atom is 0.338 e. The number of hydrogen-bond acceptors (Lipinski definition) is 5. The lowest BCUT2D eigenvalue weighted by Gasteiger charge is -2.14. The normalized spacial score (nSPS) is 12.7. The van der Waals surface area contributed by atoms with Crippen LogP contribution in [0.25, 0.3) is 0 Å². The van der Waals surface area contributed by atoms with E-state index in [1.54, 1.807) is 48.5 Å². The van der Waals surface area contributed by atoms with Gasteiger partial charge in [0, 0.05) is 6.54 Å². The van der Waals surface area contributed by atoms with Crippen LogP contribution < -0.4 is 5.32 Å². The van der Waals surface area contributed by atoms with Gasteiger partial charge in [-0.15, -0.1) is 0 Å². The predicted octanol–water partition coefficient (Wildman–Crippen LogP) is 2.17. The Labute approximate surface area is 162 Å². The molecule has 1 heterocycles. The largest absolute Gasteiger partial charge is 0.452 e. The summed E-state index contributed by atoms with van der Waals surface area (Å²) in [7, 11) is 0. The van der Waals surface area contributed by atoms with Crippen molar-refractivity contribution >= 4 is 23.7 Å². The number of esters is 1. The van der Waals surface area contributed by atoms with Crippen molar-refractivity contribution in [3.63, 3.8) is 0 Å². The molecular formula is C21H20N2O5. The second-order valence-electron chi connectivity index (χ2n) is 6.37. The Morgan fingerprint density at radius 3 is 2.32 bits per heavy atom. The summed E-state index contributed by atoms with van der Waals surface area (Å²) < 4.78 is 5.01. The standard InChI is InChI=1S/C21H20N2O5/c1-2-10-22-18(24)13-28-21(27)15-7-5-6-14(11-15)12-23-19(25)16-8-3-4-9-17(16)20(23)26/h3-9,11H,2,10,12-13H2,1H3,(H,22,24). The van der Waals surface area contributed by atoms with Crippen molar-refractivity contribution in [2.24, 2.45) is 0 Å². The molecule has 0 unspecified atom stereocenters. The lowest BCUT2D eigenvalue weighted by molar-refractivity contribution is -0.124. The van der Waals surface area contributed by atoms with E-state index < -0.39 is 5.97 Å². The molecule has 1 N–H and O–H groups in total. The Morgan fingerprint density at radius 1 is 1.00 bits per heavy atom. The van der Waals surface area contributed by atoms with Crippen molar-refractivity contribution < 1.29 is 23.9 Å². The molecule has 0 spiro atoms. The van der Waals surface area contributed by atoms with E-state index in [1.165, 1.54) is 0 Å². The van der Waals surface area contributed by atoms with Crippen molar-refractivity contribution in [1.82, 2.24) is 10.2 Å². The van der Waals surface area contributed by atoms with Crippen molar-refractivity contribution in [2.45, 2.75) is 19.9 Å². The monoisotopic (exact) mass is 380 g/mol. The number of carbonyl (C=O) groups is 4. The number of nitrogens with zero attached hydrogens (tertiary/aromatic N) is 1. The van der Waals surface area contributed by atoms with Crippen molar-refractivity contribution in [3.05, 3.63) is 70.8 Å². The Morgan fingerprint density at radius 2 is 1.68 bits per heavy atom. The number of carbonyl (C=O) groups excluding carboxylic acids is 4. The van der Waals surface area contributed by atoms with E-state index in [1.807, 2.05) is 6.92 Å². The van der Waals surface area contributed by atoms with Gasteiger partial charge in [-0.2, -0.15) is 0 Å². The summed E-state index contributed by atoms with van der Waals surface area (Å²) in [6.07, 6.45) is 0.791. The number of nitrogens with one attached hydrogen (secondary N) is 1. The lowest BCUT2D eigenvalue weighted by atomic mass is 10.1. The van der Waals surface area contributed by atoms with E-state index in [2.05, 4.69) is 5.32 Å². The number of rotatable bonds is 7. The van der Waals surface area contributed by atoms with E-state index in [-0.39, 0.29) is 36.4 Å². The number of ether oxygens (including phenoxy) is 1. The van der Waals surface area contributed by atoms with Gasteiger partial charge in [0.2, 0.25) is 0 Å². The van der Waals surface area contributed by atoms with E-state index >= 15 is 0 Å². The fourth-order valence-electron chi connectivity index (χ4n) is 2.89.